The summed E-state index contributed by atoms with van der Waals surface area (Å²) in [4.78, 5) is 14.1. The third-order valence-electron chi connectivity index (χ3n) is 6.55. The lowest BCUT2D eigenvalue weighted by Gasteiger charge is -2.33. The van der Waals surface area contributed by atoms with Gasteiger partial charge in [0.1, 0.15) is 5.82 Å². The van der Waals surface area contributed by atoms with Crippen LogP contribution in [0.3, 0.4) is 0 Å². The van der Waals surface area contributed by atoms with Crippen LogP contribution in [0.2, 0.25) is 0 Å². The minimum absolute atomic E-state index is 0.564. The molecule has 2 aliphatic heterocycles. The highest BCUT2D eigenvalue weighted by Crippen LogP contribution is 2.43. The van der Waals surface area contributed by atoms with Gasteiger partial charge in [-0.1, -0.05) is 25.3 Å². The molecule has 2 saturated heterocycles. The van der Waals surface area contributed by atoms with Gasteiger partial charge in [-0.25, -0.2) is 4.98 Å². The molecule has 3 heterocycles. The molecule has 3 aliphatic rings. The van der Waals surface area contributed by atoms with Crippen molar-refractivity contribution in [3.63, 3.8) is 0 Å². The SMILES string of the molecule is CN=C(NCc1ccc(N2CCCC2)nc1)N1CCC2(CCCCC2)C1. The molecule has 0 radical (unpaired) electrons. The molecule has 1 aromatic rings. The topological polar surface area (TPSA) is 43.8 Å². The summed E-state index contributed by atoms with van der Waals surface area (Å²) in [5, 5.41) is 3.56. The zero-order chi connectivity index (χ0) is 17.8. The van der Waals surface area contributed by atoms with Crippen LogP contribution in [0.25, 0.3) is 0 Å². The van der Waals surface area contributed by atoms with Crippen LogP contribution in [0.15, 0.2) is 23.3 Å². The highest BCUT2D eigenvalue weighted by molar-refractivity contribution is 5.80. The standard InChI is InChI=1S/C21H33N5/c1-22-20(26-14-11-21(17-26)9-3-2-4-10-21)24-16-18-7-8-19(23-15-18)25-12-5-6-13-25/h7-8,15H,2-6,9-14,16-17H2,1H3,(H,22,24). The number of hydrogen-bond donors (Lipinski definition) is 1. The van der Waals surface area contributed by atoms with E-state index in [0.29, 0.717) is 5.41 Å². The normalized spacial score (nSPS) is 23.0. The number of anilines is 1. The van der Waals surface area contributed by atoms with Gasteiger partial charge in [0, 0.05) is 46.0 Å². The molecule has 1 saturated carbocycles. The fraction of sp³-hybridized carbons (Fsp3) is 0.714. The van der Waals surface area contributed by atoms with E-state index < -0.39 is 0 Å². The van der Waals surface area contributed by atoms with Crippen LogP contribution >= 0.6 is 0 Å². The summed E-state index contributed by atoms with van der Waals surface area (Å²) in [5.41, 5.74) is 1.79. The zero-order valence-corrected chi connectivity index (χ0v) is 16.2. The van der Waals surface area contributed by atoms with E-state index in [9.17, 15) is 0 Å². The average Bonchev–Trinajstić information content (AvgIpc) is 3.35. The average molecular weight is 356 g/mol. The molecule has 0 atom stereocenters. The largest absolute Gasteiger partial charge is 0.357 e. The van der Waals surface area contributed by atoms with Crippen LogP contribution in [0.1, 0.15) is 56.9 Å². The number of nitrogens with zero attached hydrogens (tertiary/aromatic N) is 4. The minimum atomic E-state index is 0.564. The van der Waals surface area contributed by atoms with Gasteiger partial charge in [-0.15, -0.1) is 0 Å². The number of hydrogen-bond acceptors (Lipinski definition) is 3. The van der Waals surface area contributed by atoms with Crippen molar-refractivity contribution in [2.24, 2.45) is 10.4 Å². The lowest BCUT2D eigenvalue weighted by Crippen LogP contribution is -2.41. The summed E-state index contributed by atoms with van der Waals surface area (Å²) in [6.45, 7) is 5.41. The molecule has 0 amide bonds. The maximum Gasteiger partial charge on any atom is 0.193 e. The Morgan fingerprint density at radius 1 is 1.08 bits per heavy atom. The van der Waals surface area contributed by atoms with Gasteiger partial charge in [0.2, 0.25) is 0 Å². The Morgan fingerprint density at radius 3 is 2.58 bits per heavy atom. The van der Waals surface area contributed by atoms with Crippen LogP contribution in [-0.4, -0.2) is 49.1 Å². The summed E-state index contributed by atoms with van der Waals surface area (Å²) in [7, 11) is 1.91. The second-order valence-electron chi connectivity index (χ2n) is 8.35. The van der Waals surface area contributed by atoms with Crippen molar-refractivity contribution >= 4 is 11.8 Å². The van der Waals surface area contributed by atoms with Gasteiger partial charge in [0.05, 0.1) is 0 Å². The van der Waals surface area contributed by atoms with Crippen LogP contribution in [0.5, 0.6) is 0 Å². The number of aromatic nitrogens is 1. The molecule has 1 spiro atoms. The third kappa shape index (κ3) is 3.81. The highest BCUT2D eigenvalue weighted by atomic mass is 15.3. The number of nitrogens with one attached hydrogen (secondary N) is 1. The van der Waals surface area contributed by atoms with E-state index in [-0.39, 0.29) is 0 Å². The Kier molecular flexibility index (Phi) is 5.32. The molecule has 1 aromatic heterocycles. The van der Waals surface area contributed by atoms with E-state index >= 15 is 0 Å². The summed E-state index contributed by atoms with van der Waals surface area (Å²) in [5.74, 6) is 2.17. The summed E-state index contributed by atoms with van der Waals surface area (Å²) in [6, 6.07) is 4.37. The van der Waals surface area contributed by atoms with E-state index in [1.165, 1.54) is 63.5 Å². The van der Waals surface area contributed by atoms with Crippen LogP contribution < -0.4 is 10.2 Å². The first-order chi connectivity index (χ1) is 12.8. The third-order valence-corrected chi connectivity index (χ3v) is 6.55. The van der Waals surface area contributed by atoms with Gasteiger partial charge in [-0.2, -0.15) is 0 Å². The number of guanidine groups is 1. The molecule has 26 heavy (non-hydrogen) atoms. The van der Waals surface area contributed by atoms with Crippen LogP contribution in [0.4, 0.5) is 5.82 Å². The molecule has 3 fully saturated rings. The molecule has 4 rings (SSSR count). The Bertz CT molecular complexity index is 612. The van der Waals surface area contributed by atoms with Gasteiger partial charge in [0.25, 0.3) is 0 Å². The predicted molar refractivity (Wildman–Crippen MR) is 108 cm³/mol. The number of pyridine rings is 1. The van der Waals surface area contributed by atoms with Crippen molar-refractivity contribution < 1.29 is 0 Å². The van der Waals surface area contributed by atoms with Gasteiger partial charge in [-0.3, -0.25) is 4.99 Å². The van der Waals surface area contributed by atoms with Crippen molar-refractivity contribution in [1.29, 1.82) is 0 Å². The number of rotatable bonds is 3. The van der Waals surface area contributed by atoms with Crippen LogP contribution in [-0.2, 0) is 6.54 Å². The first-order valence-corrected chi connectivity index (χ1v) is 10.4. The van der Waals surface area contributed by atoms with E-state index in [1.54, 1.807) is 0 Å². The fourth-order valence-electron chi connectivity index (χ4n) is 4.99. The Labute approximate surface area is 157 Å². The number of aliphatic imine (C=N–C) groups is 1. The van der Waals surface area contributed by atoms with Crippen molar-refractivity contribution in [2.75, 3.05) is 38.1 Å². The molecule has 0 bridgehead atoms. The van der Waals surface area contributed by atoms with Crippen molar-refractivity contribution in [3.05, 3.63) is 23.9 Å². The Morgan fingerprint density at radius 2 is 1.88 bits per heavy atom. The zero-order valence-electron chi connectivity index (χ0n) is 16.2. The lowest BCUT2D eigenvalue weighted by atomic mass is 9.73. The van der Waals surface area contributed by atoms with Gasteiger partial charge < -0.3 is 15.1 Å². The van der Waals surface area contributed by atoms with Crippen molar-refractivity contribution in [3.8, 4) is 0 Å². The Hall–Kier alpha value is -1.78. The summed E-state index contributed by atoms with van der Waals surface area (Å²) in [6.07, 6.45) is 13.0. The second kappa shape index (κ2) is 7.85. The number of likely N-dealkylation sites (tertiary alicyclic amines) is 1. The first kappa shape index (κ1) is 17.6. The smallest absolute Gasteiger partial charge is 0.193 e. The predicted octanol–water partition coefficient (Wildman–Crippen LogP) is 3.41. The Balaban J connectivity index is 1.31. The molecule has 1 aliphatic carbocycles. The molecule has 5 nitrogen and oxygen atoms in total. The maximum atomic E-state index is 4.66. The van der Waals surface area contributed by atoms with E-state index in [0.717, 1.165) is 38.0 Å². The van der Waals surface area contributed by atoms with E-state index in [1.807, 2.05) is 13.2 Å². The monoisotopic (exact) mass is 355 g/mol. The lowest BCUT2D eigenvalue weighted by molar-refractivity contribution is 0.203. The molecular weight excluding hydrogens is 322 g/mol. The molecule has 142 valence electrons. The van der Waals surface area contributed by atoms with Crippen LogP contribution in [0, 0.1) is 5.41 Å². The second-order valence-corrected chi connectivity index (χ2v) is 8.35. The molecule has 0 unspecified atom stereocenters. The van der Waals surface area contributed by atoms with Gasteiger partial charge in [-0.05, 0) is 49.1 Å². The first-order valence-electron chi connectivity index (χ1n) is 10.4. The minimum Gasteiger partial charge on any atom is -0.357 e. The fourth-order valence-corrected chi connectivity index (χ4v) is 4.99. The molecule has 5 heteroatoms. The molecular formula is C21H33N5. The molecule has 1 N–H and O–H groups in total. The summed E-state index contributed by atoms with van der Waals surface area (Å²) < 4.78 is 0. The van der Waals surface area contributed by atoms with E-state index in [2.05, 4.69) is 37.2 Å². The maximum absolute atomic E-state index is 4.66. The van der Waals surface area contributed by atoms with Gasteiger partial charge >= 0.3 is 0 Å². The van der Waals surface area contributed by atoms with E-state index in [4.69, 9.17) is 0 Å². The quantitative estimate of drug-likeness (QED) is 0.666. The van der Waals surface area contributed by atoms with Gasteiger partial charge in [0.15, 0.2) is 5.96 Å². The molecule has 0 aromatic carbocycles. The van der Waals surface area contributed by atoms with Crippen molar-refractivity contribution in [1.82, 2.24) is 15.2 Å². The van der Waals surface area contributed by atoms with Crippen molar-refractivity contribution in [2.45, 2.75) is 57.9 Å². The highest BCUT2D eigenvalue weighted by Gasteiger charge is 2.39. The summed E-state index contributed by atoms with van der Waals surface area (Å²) >= 11 is 0.